The molecule has 0 radical (unpaired) electrons. The molecule has 0 saturated carbocycles. The maximum Gasteiger partial charge on any atom is 0.336 e. The lowest BCUT2D eigenvalue weighted by molar-refractivity contribution is -0.118. The molecule has 0 bridgehead atoms. The Morgan fingerprint density at radius 2 is 1.77 bits per heavy atom. The fourth-order valence-electron chi connectivity index (χ4n) is 3.62. The molecule has 7 heteroatoms. The van der Waals surface area contributed by atoms with Crippen molar-refractivity contribution < 1.29 is 18.7 Å². The van der Waals surface area contributed by atoms with Gasteiger partial charge in [0.25, 0.3) is 5.91 Å². The highest BCUT2D eigenvalue weighted by atomic mass is 16.5. The summed E-state index contributed by atoms with van der Waals surface area (Å²) in [7, 11) is 0. The topological polar surface area (TPSA) is 81.0 Å². The van der Waals surface area contributed by atoms with Gasteiger partial charge in [0.15, 0.2) is 6.61 Å². The van der Waals surface area contributed by atoms with Gasteiger partial charge in [-0.1, -0.05) is 0 Å². The number of carbonyl (C=O) groups excluding carboxylic acids is 1. The first kappa shape index (κ1) is 20.0. The van der Waals surface area contributed by atoms with Crippen molar-refractivity contribution in [2.75, 3.05) is 29.9 Å². The van der Waals surface area contributed by atoms with Crippen LogP contribution in [-0.2, 0) is 9.53 Å². The SMILES string of the molecule is CC1CN(c2ccc(NC(=O)COc3ccc4ccc(=O)oc4c3)cc2)CC(C)O1. The Bertz CT molecular complexity index is 1080. The zero-order valence-corrected chi connectivity index (χ0v) is 17.0. The van der Waals surface area contributed by atoms with Crippen molar-refractivity contribution in [3.63, 3.8) is 0 Å². The van der Waals surface area contributed by atoms with E-state index in [1.165, 1.54) is 6.07 Å². The molecule has 1 aromatic heterocycles. The predicted octanol–water partition coefficient (Wildman–Crippen LogP) is 3.42. The van der Waals surface area contributed by atoms with Gasteiger partial charge in [-0.3, -0.25) is 4.79 Å². The van der Waals surface area contributed by atoms with E-state index in [0.29, 0.717) is 17.0 Å². The molecule has 2 unspecified atom stereocenters. The summed E-state index contributed by atoms with van der Waals surface area (Å²) >= 11 is 0. The number of morpholine rings is 1. The number of benzene rings is 2. The molecule has 1 aliphatic heterocycles. The van der Waals surface area contributed by atoms with Gasteiger partial charge in [-0.05, 0) is 56.3 Å². The maximum absolute atomic E-state index is 12.2. The number of nitrogens with zero attached hydrogens (tertiary/aromatic N) is 1. The first-order chi connectivity index (χ1) is 14.5. The second-order valence-corrected chi connectivity index (χ2v) is 7.50. The Labute approximate surface area is 174 Å². The van der Waals surface area contributed by atoms with Crippen LogP contribution in [0.2, 0.25) is 0 Å². The van der Waals surface area contributed by atoms with Crippen LogP contribution < -0.4 is 20.6 Å². The Kier molecular flexibility index (Phi) is 5.72. The van der Waals surface area contributed by atoms with E-state index in [-0.39, 0.29) is 24.7 Å². The standard InChI is InChI=1S/C23H24N2O5/c1-15-12-25(13-16(2)29-15)19-7-5-18(6-8-19)24-22(26)14-28-20-9-3-17-4-10-23(27)30-21(17)11-20/h3-11,15-16H,12-14H2,1-2H3,(H,24,26). The van der Waals surface area contributed by atoms with E-state index >= 15 is 0 Å². The van der Waals surface area contributed by atoms with Crippen LogP contribution >= 0.6 is 0 Å². The number of fused-ring (bicyclic) bond motifs is 1. The molecule has 3 aromatic rings. The third-order valence-electron chi connectivity index (χ3n) is 4.90. The lowest BCUT2D eigenvalue weighted by atomic mass is 10.2. The summed E-state index contributed by atoms with van der Waals surface area (Å²) in [5.74, 6) is 0.184. The summed E-state index contributed by atoms with van der Waals surface area (Å²) in [6.07, 6.45) is 0.377. The molecule has 4 rings (SSSR count). The highest BCUT2D eigenvalue weighted by Crippen LogP contribution is 2.23. The Morgan fingerprint density at radius 3 is 2.50 bits per heavy atom. The van der Waals surface area contributed by atoms with Gasteiger partial charge in [0.05, 0.1) is 12.2 Å². The van der Waals surface area contributed by atoms with E-state index in [0.717, 1.165) is 24.2 Å². The van der Waals surface area contributed by atoms with Crippen molar-refractivity contribution in [2.45, 2.75) is 26.1 Å². The lowest BCUT2D eigenvalue weighted by Crippen LogP contribution is -2.45. The molecule has 7 nitrogen and oxygen atoms in total. The van der Waals surface area contributed by atoms with Crippen LogP contribution in [0.3, 0.4) is 0 Å². The Morgan fingerprint density at radius 1 is 1.07 bits per heavy atom. The van der Waals surface area contributed by atoms with Crippen LogP contribution in [0, 0.1) is 0 Å². The van der Waals surface area contributed by atoms with Crippen molar-refractivity contribution >= 4 is 28.3 Å². The van der Waals surface area contributed by atoms with E-state index in [4.69, 9.17) is 13.9 Å². The van der Waals surface area contributed by atoms with Crippen LogP contribution in [0.1, 0.15) is 13.8 Å². The normalized spacial score (nSPS) is 18.9. The number of hydrogen-bond donors (Lipinski definition) is 1. The molecule has 2 aromatic carbocycles. The van der Waals surface area contributed by atoms with Crippen LogP contribution in [0.25, 0.3) is 11.0 Å². The third kappa shape index (κ3) is 4.80. The highest BCUT2D eigenvalue weighted by Gasteiger charge is 2.22. The van der Waals surface area contributed by atoms with Crippen molar-refractivity contribution in [3.05, 3.63) is 65.0 Å². The number of rotatable bonds is 5. The van der Waals surface area contributed by atoms with E-state index in [9.17, 15) is 9.59 Å². The number of hydrogen-bond acceptors (Lipinski definition) is 6. The van der Waals surface area contributed by atoms with Crippen LogP contribution in [0.4, 0.5) is 11.4 Å². The van der Waals surface area contributed by atoms with Crippen LogP contribution in [-0.4, -0.2) is 37.8 Å². The minimum absolute atomic E-state index is 0.150. The Hall–Kier alpha value is -3.32. The molecule has 1 fully saturated rings. The zero-order valence-electron chi connectivity index (χ0n) is 17.0. The van der Waals surface area contributed by atoms with Gasteiger partial charge in [-0.15, -0.1) is 0 Å². The number of ether oxygens (including phenoxy) is 2. The maximum atomic E-state index is 12.2. The molecule has 30 heavy (non-hydrogen) atoms. The summed E-state index contributed by atoms with van der Waals surface area (Å²) in [5, 5.41) is 3.61. The first-order valence-corrected chi connectivity index (χ1v) is 9.93. The average molecular weight is 408 g/mol. The van der Waals surface area contributed by atoms with Gasteiger partial charge < -0.3 is 24.1 Å². The second-order valence-electron chi connectivity index (χ2n) is 7.50. The van der Waals surface area contributed by atoms with Gasteiger partial charge in [-0.2, -0.15) is 0 Å². The van der Waals surface area contributed by atoms with Gasteiger partial charge >= 0.3 is 5.63 Å². The second kappa shape index (κ2) is 8.59. The summed E-state index contributed by atoms with van der Waals surface area (Å²) in [6, 6.07) is 15.9. The molecule has 1 amide bonds. The molecule has 2 atom stereocenters. The predicted molar refractivity (Wildman–Crippen MR) is 115 cm³/mol. The molecule has 1 N–H and O–H groups in total. The minimum Gasteiger partial charge on any atom is -0.484 e. The first-order valence-electron chi connectivity index (χ1n) is 9.93. The van der Waals surface area contributed by atoms with Crippen molar-refractivity contribution in [1.82, 2.24) is 0 Å². The summed E-state index contributed by atoms with van der Waals surface area (Å²) in [5.41, 5.74) is 1.79. The van der Waals surface area contributed by atoms with Crippen molar-refractivity contribution in [1.29, 1.82) is 0 Å². The highest BCUT2D eigenvalue weighted by molar-refractivity contribution is 5.92. The Balaban J connectivity index is 1.33. The summed E-state index contributed by atoms with van der Waals surface area (Å²) in [4.78, 5) is 25.9. The van der Waals surface area contributed by atoms with Crippen molar-refractivity contribution in [2.24, 2.45) is 0 Å². The number of nitrogens with one attached hydrogen (secondary N) is 1. The van der Waals surface area contributed by atoms with Gasteiger partial charge in [0, 0.05) is 42.0 Å². The number of anilines is 2. The largest absolute Gasteiger partial charge is 0.484 e. The fourth-order valence-corrected chi connectivity index (χ4v) is 3.62. The molecular formula is C23H24N2O5. The van der Waals surface area contributed by atoms with Crippen LogP contribution in [0.5, 0.6) is 5.75 Å². The van der Waals surface area contributed by atoms with Crippen molar-refractivity contribution in [3.8, 4) is 5.75 Å². The third-order valence-corrected chi connectivity index (χ3v) is 4.90. The fraction of sp³-hybridized carbons (Fsp3) is 0.304. The molecule has 0 aliphatic carbocycles. The van der Waals surface area contributed by atoms with E-state index < -0.39 is 5.63 Å². The lowest BCUT2D eigenvalue weighted by Gasteiger charge is -2.36. The molecule has 1 saturated heterocycles. The summed E-state index contributed by atoms with van der Waals surface area (Å²) in [6.45, 7) is 5.68. The smallest absolute Gasteiger partial charge is 0.336 e. The number of carbonyl (C=O) groups is 1. The summed E-state index contributed by atoms with van der Waals surface area (Å²) < 4.78 is 16.4. The quantitative estimate of drug-likeness (QED) is 0.652. The molecule has 156 valence electrons. The van der Waals surface area contributed by atoms with Gasteiger partial charge in [-0.25, -0.2) is 4.79 Å². The number of amides is 1. The minimum atomic E-state index is -0.429. The van der Waals surface area contributed by atoms with E-state index in [2.05, 4.69) is 24.1 Å². The molecule has 0 spiro atoms. The van der Waals surface area contributed by atoms with Gasteiger partial charge in [0.1, 0.15) is 11.3 Å². The monoisotopic (exact) mass is 408 g/mol. The average Bonchev–Trinajstić information content (AvgIpc) is 2.72. The molecule has 1 aliphatic rings. The van der Waals surface area contributed by atoms with Gasteiger partial charge in [0.2, 0.25) is 0 Å². The molecule has 2 heterocycles. The van der Waals surface area contributed by atoms with Crippen LogP contribution in [0.15, 0.2) is 63.8 Å². The molecular weight excluding hydrogens is 384 g/mol. The van der Waals surface area contributed by atoms with E-state index in [1.54, 1.807) is 24.3 Å². The van der Waals surface area contributed by atoms with E-state index in [1.807, 2.05) is 24.3 Å². The zero-order chi connectivity index (χ0) is 21.1.